The number of carbonyl (C=O) groups is 2. The molecule has 3 aromatic carbocycles. The van der Waals surface area contributed by atoms with E-state index in [0.717, 1.165) is 6.07 Å². The van der Waals surface area contributed by atoms with Crippen LogP contribution in [0.2, 0.25) is 10.0 Å². The summed E-state index contributed by atoms with van der Waals surface area (Å²) in [6, 6.07) is 14.9. The van der Waals surface area contributed by atoms with Crippen molar-refractivity contribution in [1.82, 2.24) is 4.90 Å². The van der Waals surface area contributed by atoms with Gasteiger partial charge in [0, 0.05) is 28.6 Å². The summed E-state index contributed by atoms with van der Waals surface area (Å²) in [6.07, 6.45) is 0.393. The molecule has 214 valence electrons. The number of benzene rings is 3. The highest BCUT2D eigenvalue weighted by molar-refractivity contribution is 6.31. The number of hydrogen-bond donors (Lipinski definition) is 1. The zero-order valence-corrected chi connectivity index (χ0v) is 24.5. The summed E-state index contributed by atoms with van der Waals surface area (Å²) in [5.74, 6) is -2.87. The number of ether oxygens (including phenoxy) is 1. The molecule has 6 nitrogen and oxygen atoms in total. The molecule has 1 aliphatic rings. The maximum atomic E-state index is 15.8. The number of nitriles is 1. The number of esters is 1. The summed E-state index contributed by atoms with van der Waals surface area (Å²) in [5, 5.41) is 13.6. The number of halogens is 4. The highest BCUT2D eigenvalue weighted by Gasteiger charge is 2.60. The molecule has 0 spiro atoms. The van der Waals surface area contributed by atoms with Gasteiger partial charge in [-0.15, -0.1) is 0 Å². The Kier molecular flexibility index (Phi) is 8.62. The minimum atomic E-state index is -1.73. The van der Waals surface area contributed by atoms with Crippen LogP contribution < -0.4 is 5.32 Å². The molecule has 1 N–H and O–H groups in total. The molecular weight excluding hydrogens is 571 g/mol. The second-order valence-corrected chi connectivity index (χ2v) is 12.1. The maximum Gasteiger partial charge on any atom is 0.339 e. The van der Waals surface area contributed by atoms with Gasteiger partial charge in [0.1, 0.15) is 17.0 Å². The van der Waals surface area contributed by atoms with E-state index in [2.05, 4.69) is 11.4 Å². The van der Waals surface area contributed by atoms with Crippen LogP contribution >= 0.6 is 23.2 Å². The number of urea groups is 1. The molecule has 1 fully saturated rings. The zero-order chi connectivity index (χ0) is 30.1. The summed E-state index contributed by atoms with van der Waals surface area (Å²) in [7, 11) is 1.22. The van der Waals surface area contributed by atoms with E-state index < -0.39 is 41.0 Å². The molecule has 3 aromatic rings. The van der Waals surface area contributed by atoms with Gasteiger partial charge in [0.2, 0.25) is 0 Å². The lowest BCUT2D eigenvalue weighted by Gasteiger charge is -2.38. The zero-order valence-electron chi connectivity index (χ0n) is 23.0. The molecule has 0 aliphatic carbocycles. The molecule has 0 radical (unpaired) electrons. The normalized spacial score (nSPS) is 20.4. The first-order chi connectivity index (χ1) is 19.3. The molecular formula is C31H29Cl2F2N3O3. The average Bonchev–Trinajstić information content (AvgIpc) is 3.23. The average molecular weight is 600 g/mol. The van der Waals surface area contributed by atoms with Gasteiger partial charge in [0.15, 0.2) is 0 Å². The number of nitrogens with one attached hydrogen (secondary N) is 1. The van der Waals surface area contributed by atoms with E-state index in [0.29, 0.717) is 6.42 Å². The monoisotopic (exact) mass is 599 g/mol. The summed E-state index contributed by atoms with van der Waals surface area (Å²) >= 11 is 12.2. The van der Waals surface area contributed by atoms with Gasteiger partial charge >= 0.3 is 12.0 Å². The van der Waals surface area contributed by atoms with Gasteiger partial charge in [-0.1, -0.05) is 74.3 Å². The Morgan fingerprint density at radius 3 is 2.46 bits per heavy atom. The van der Waals surface area contributed by atoms with Crippen molar-refractivity contribution in [2.75, 3.05) is 19.0 Å². The number of amides is 2. The van der Waals surface area contributed by atoms with E-state index in [4.69, 9.17) is 27.9 Å². The third-order valence-corrected chi connectivity index (χ3v) is 7.86. The maximum absolute atomic E-state index is 15.8. The standard InChI is InChI=1S/C31H29Cl2F2N3O3/c1-30(2,3)15-18-16-38(29(40)37-25-11-6-5-8-20(25)28(39)41-4)27(21-9-7-10-23(33)26(21)35)31(18,17-36)22-13-12-19(32)14-24(22)34/h5-14,18,27H,15-16H2,1-4H3,(H,37,40). The van der Waals surface area contributed by atoms with Crippen molar-refractivity contribution >= 4 is 40.9 Å². The quantitative estimate of drug-likeness (QED) is 0.300. The Bertz CT molecular complexity index is 1540. The van der Waals surface area contributed by atoms with E-state index in [9.17, 15) is 14.9 Å². The Morgan fingerprint density at radius 1 is 1.12 bits per heavy atom. The Hall–Kier alpha value is -3.67. The number of hydrogen-bond acceptors (Lipinski definition) is 4. The van der Waals surface area contributed by atoms with Gasteiger partial charge in [-0.3, -0.25) is 0 Å². The minimum absolute atomic E-state index is 0.00622. The van der Waals surface area contributed by atoms with Gasteiger partial charge in [-0.25, -0.2) is 18.4 Å². The van der Waals surface area contributed by atoms with Crippen LogP contribution in [0, 0.1) is 34.3 Å². The molecule has 0 bridgehead atoms. The topological polar surface area (TPSA) is 82.4 Å². The molecule has 10 heteroatoms. The number of carbonyl (C=O) groups excluding carboxylic acids is 2. The SMILES string of the molecule is COC(=O)c1ccccc1NC(=O)N1CC(CC(C)(C)C)C(C#N)(c2ccc(Cl)cc2F)C1c1cccc(Cl)c1F. The van der Waals surface area contributed by atoms with Crippen LogP contribution in [0.1, 0.15) is 54.7 Å². The van der Waals surface area contributed by atoms with Gasteiger partial charge in [-0.2, -0.15) is 5.26 Å². The number of rotatable bonds is 5. The molecule has 3 unspecified atom stereocenters. The van der Waals surface area contributed by atoms with Crippen molar-refractivity contribution < 1.29 is 23.1 Å². The lowest BCUT2D eigenvalue weighted by Crippen LogP contribution is -2.42. The second kappa shape index (κ2) is 11.7. The van der Waals surface area contributed by atoms with Crippen molar-refractivity contribution in [2.24, 2.45) is 11.3 Å². The lowest BCUT2D eigenvalue weighted by atomic mass is 9.63. The van der Waals surface area contributed by atoms with Crippen LogP contribution in [0.15, 0.2) is 60.7 Å². The fourth-order valence-electron chi connectivity index (χ4n) is 5.74. The molecule has 0 aromatic heterocycles. The second-order valence-electron chi connectivity index (χ2n) is 11.2. The summed E-state index contributed by atoms with van der Waals surface area (Å²) in [6.45, 7) is 5.89. The molecule has 0 saturated carbocycles. The van der Waals surface area contributed by atoms with Gasteiger partial charge in [0.25, 0.3) is 0 Å². The van der Waals surface area contributed by atoms with Crippen LogP contribution in [0.25, 0.3) is 0 Å². The van der Waals surface area contributed by atoms with Crippen molar-refractivity contribution in [2.45, 2.75) is 38.6 Å². The third kappa shape index (κ3) is 5.74. The highest BCUT2D eigenvalue weighted by atomic mass is 35.5. The molecule has 4 rings (SSSR count). The fraction of sp³-hybridized carbons (Fsp3) is 0.323. The van der Waals surface area contributed by atoms with E-state index in [1.807, 2.05) is 20.8 Å². The fourth-order valence-corrected chi connectivity index (χ4v) is 6.08. The van der Waals surface area contributed by atoms with Gasteiger partial charge < -0.3 is 15.0 Å². The molecule has 1 heterocycles. The van der Waals surface area contributed by atoms with E-state index in [1.165, 1.54) is 54.5 Å². The van der Waals surface area contributed by atoms with Crippen LogP contribution in [-0.2, 0) is 10.2 Å². The van der Waals surface area contributed by atoms with Crippen molar-refractivity contribution in [1.29, 1.82) is 5.26 Å². The van der Waals surface area contributed by atoms with E-state index >= 15 is 8.78 Å². The molecule has 2 amide bonds. The van der Waals surface area contributed by atoms with Crippen molar-refractivity contribution in [3.8, 4) is 6.07 Å². The van der Waals surface area contributed by atoms with Gasteiger partial charge in [-0.05, 0) is 42.2 Å². The Morgan fingerprint density at radius 2 is 1.83 bits per heavy atom. The van der Waals surface area contributed by atoms with Crippen molar-refractivity contribution in [3.63, 3.8) is 0 Å². The number of anilines is 1. The van der Waals surface area contributed by atoms with E-state index in [-0.39, 0.29) is 44.4 Å². The van der Waals surface area contributed by atoms with Crippen LogP contribution in [-0.4, -0.2) is 30.6 Å². The third-order valence-electron chi connectivity index (χ3n) is 7.34. The highest BCUT2D eigenvalue weighted by Crippen LogP contribution is 2.56. The predicted molar refractivity (Wildman–Crippen MR) is 154 cm³/mol. The molecule has 3 atom stereocenters. The van der Waals surface area contributed by atoms with Crippen LogP contribution in [0.4, 0.5) is 19.3 Å². The number of para-hydroxylation sites is 1. The minimum Gasteiger partial charge on any atom is -0.465 e. The van der Waals surface area contributed by atoms with Crippen LogP contribution in [0.3, 0.4) is 0 Å². The molecule has 1 aliphatic heterocycles. The predicted octanol–water partition coefficient (Wildman–Crippen LogP) is 8.16. The summed E-state index contributed by atoms with van der Waals surface area (Å²) < 4.78 is 36.4. The summed E-state index contributed by atoms with van der Waals surface area (Å²) in [4.78, 5) is 27.7. The van der Waals surface area contributed by atoms with Crippen molar-refractivity contribution in [3.05, 3.63) is 99.0 Å². The number of methoxy groups -OCH3 is 1. The van der Waals surface area contributed by atoms with Crippen LogP contribution in [0.5, 0.6) is 0 Å². The Labute approximate surface area is 247 Å². The largest absolute Gasteiger partial charge is 0.465 e. The Balaban J connectivity index is 1.96. The molecule has 1 saturated heterocycles. The summed E-state index contributed by atoms with van der Waals surface area (Å²) in [5.41, 5.74) is -1.86. The lowest BCUT2D eigenvalue weighted by molar-refractivity contribution is 0.0602. The first kappa shape index (κ1) is 30.3. The smallest absolute Gasteiger partial charge is 0.339 e. The first-order valence-electron chi connectivity index (χ1n) is 12.9. The van der Waals surface area contributed by atoms with E-state index in [1.54, 1.807) is 12.1 Å². The number of nitrogens with zero attached hydrogens (tertiary/aromatic N) is 2. The molecule has 41 heavy (non-hydrogen) atoms. The van der Waals surface area contributed by atoms with Gasteiger partial charge in [0.05, 0.1) is 35.5 Å². The first-order valence-corrected chi connectivity index (χ1v) is 13.6. The number of likely N-dealkylation sites (tertiary alicyclic amines) is 1.